The minimum atomic E-state index is 0.684. The van der Waals surface area contributed by atoms with Crippen LogP contribution in [-0.4, -0.2) is 27.3 Å². The number of nitrogens with zero attached hydrogens (tertiary/aromatic N) is 3. The Labute approximate surface area is 115 Å². The zero-order valence-corrected chi connectivity index (χ0v) is 12.3. The van der Waals surface area contributed by atoms with E-state index < -0.39 is 0 Å². The second-order valence-electron chi connectivity index (χ2n) is 5.03. The monoisotopic (exact) mass is 315 g/mol. The van der Waals surface area contributed by atoms with E-state index in [0.29, 0.717) is 12.0 Å². The van der Waals surface area contributed by atoms with E-state index in [4.69, 9.17) is 4.98 Å². The van der Waals surface area contributed by atoms with Gasteiger partial charge in [-0.15, -0.1) is 0 Å². The lowest BCUT2D eigenvalue weighted by molar-refractivity contribution is 0.603. The summed E-state index contributed by atoms with van der Waals surface area (Å²) >= 11 is 5.13. The van der Waals surface area contributed by atoms with Crippen molar-refractivity contribution in [2.75, 3.05) is 16.8 Å². The van der Waals surface area contributed by atoms with E-state index in [1.54, 1.807) is 11.5 Å². The maximum Gasteiger partial charge on any atom is 0.205 e. The van der Waals surface area contributed by atoms with Crippen molar-refractivity contribution in [3.8, 4) is 0 Å². The van der Waals surface area contributed by atoms with E-state index in [1.165, 1.54) is 50.2 Å². The van der Waals surface area contributed by atoms with Crippen molar-refractivity contribution in [1.82, 2.24) is 9.36 Å². The Morgan fingerprint density at radius 3 is 3.00 bits per heavy atom. The molecule has 0 spiro atoms. The number of anilines is 1. The van der Waals surface area contributed by atoms with Crippen LogP contribution in [0.25, 0.3) is 0 Å². The number of hydrogen-bond acceptors (Lipinski definition) is 4. The molecule has 17 heavy (non-hydrogen) atoms. The Morgan fingerprint density at radius 2 is 2.24 bits per heavy atom. The van der Waals surface area contributed by atoms with Gasteiger partial charge in [0.25, 0.3) is 0 Å². The molecule has 0 amide bonds. The van der Waals surface area contributed by atoms with Gasteiger partial charge >= 0.3 is 0 Å². The molecular weight excluding hydrogens is 298 g/mol. The van der Waals surface area contributed by atoms with Crippen molar-refractivity contribution in [3.05, 3.63) is 5.82 Å². The SMILES string of the molecule is BrCCCC1CCCN1c1nc(C2CC2)ns1. The molecule has 0 N–H and O–H groups in total. The molecule has 1 aliphatic heterocycles. The quantitative estimate of drug-likeness (QED) is 0.778. The van der Waals surface area contributed by atoms with Gasteiger partial charge in [-0.1, -0.05) is 15.9 Å². The lowest BCUT2D eigenvalue weighted by Crippen LogP contribution is -2.29. The molecule has 0 radical (unpaired) electrons. The van der Waals surface area contributed by atoms with Crippen LogP contribution < -0.4 is 4.90 Å². The first-order chi connectivity index (χ1) is 8.38. The Bertz CT molecular complexity index is 378. The third-order valence-electron chi connectivity index (χ3n) is 3.67. The second kappa shape index (κ2) is 5.22. The Kier molecular flexibility index (Phi) is 3.66. The van der Waals surface area contributed by atoms with Crippen LogP contribution >= 0.6 is 27.5 Å². The van der Waals surface area contributed by atoms with Crippen molar-refractivity contribution in [2.45, 2.75) is 50.5 Å². The minimum Gasteiger partial charge on any atom is -0.344 e. The summed E-state index contributed by atoms with van der Waals surface area (Å²) < 4.78 is 4.52. The van der Waals surface area contributed by atoms with Crippen molar-refractivity contribution < 1.29 is 0 Å². The van der Waals surface area contributed by atoms with Crippen molar-refractivity contribution >= 4 is 32.6 Å². The summed E-state index contributed by atoms with van der Waals surface area (Å²) in [6, 6.07) is 0.701. The Morgan fingerprint density at radius 1 is 1.35 bits per heavy atom. The molecule has 1 saturated carbocycles. The molecule has 1 atom stereocenters. The lowest BCUT2D eigenvalue weighted by Gasteiger charge is -2.23. The van der Waals surface area contributed by atoms with Crippen LogP contribution in [0.4, 0.5) is 5.13 Å². The van der Waals surface area contributed by atoms with Gasteiger partial charge in [0.1, 0.15) is 5.82 Å². The van der Waals surface area contributed by atoms with E-state index in [9.17, 15) is 0 Å². The fraction of sp³-hybridized carbons (Fsp3) is 0.833. The van der Waals surface area contributed by atoms with Gasteiger partial charge in [0.15, 0.2) is 0 Å². The summed E-state index contributed by atoms with van der Waals surface area (Å²) in [5.74, 6) is 1.79. The fourth-order valence-corrected chi connectivity index (χ4v) is 3.72. The second-order valence-corrected chi connectivity index (χ2v) is 6.55. The first-order valence-electron chi connectivity index (χ1n) is 6.54. The van der Waals surface area contributed by atoms with Gasteiger partial charge in [0, 0.05) is 35.4 Å². The van der Waals surface area contributed by atoms with Crippen LogP contribution in [0.2, 0.25) is 0 Å². The zero-order chi connectivity index (χ0) is 11.7. The maximum atomic E-state index is 4.73. The van der Waals surface area contributed by atoms with E-state index in [1.807, 2.05) is 0 Å². The molecule has 5 heteroatoms. The van der Waals surface area contributed by atoms with Crippen molar-refractivity contribution in [2.24, 2.45) is 0 Å². The topological polar surface area (TPSA) is 29.0 Å². The number of hydrogen-bond donors (Lipinski definition) is 0. The van der Waals surface area contributed by atoms with Gasteiger partial charge in [0.2, 0.25) is 5.13 Å². The highest BCUT2D eigenvalue weighted by molar-refractivity contribution is 9.09. The molecule has 3 nitrogen and oxygen atoms in total. The molecule has 1 aromatic heterocycles. The van der Waals surface area contributed by atoms with Gasteiger partial charge in [0.05, 0.1) is 0 Å². The highest BCUT2D eigenvalue weighted by atomic mass is 79.9. The Balaban J connectivity index is 1.67. The molecule has 2 heterocycles. The third kappa shape index (κ3) is 2.65. The summed E-state index contributed by atoms with van der Waals surface area (Å²) in [5, 5.41) is 2.28. The normalized spacial score (nSPS) is 24.5. The number of rotatable bonds is 5. The third-order valence-corrected chi connectivity index (χ3v) is 5.00. The number of alkyl halides is 1. The highest BCUT2D eigenvalue weighted by Crippen LogP contribution is 2.40. The van der Waals surface area contributed by atoms with E-state index in [-0.39, 0.29) is 0 Å². The molecular formula is C12H18BrN3S. The zero-order valence-electron chi connectivity index (χ0n) is 9.94. The standard InChI is InChI=1S/C12H18BrN3S/c13-7-1-3-10-4-2-8-16(10)12-14-11(15-17-12)9-5-6-9/h9-10H,1-8H2. The highest BCUT2D eigenvalue weighted by Gasteiger charge is 2.31. The van der Waals surface area contributed by atoms with Gasteiger partial charge in [-0.25, -0.2) is 4.98 Å². The van der Waals surface area contributed by atoms with E-state index in [2.05, 4.69) is 25.2 Å². The summed E-state index contributed by atoms with van der Waals surface area (Å²) in [6.07, 6.45) is 7.77. The van der Waals surface area contributed by atoms with Crippen LogP contribution in [0.3, 0.4) is 0 Å². The molecule has 94 valence electrons. The predicted octanol–water partition coefficient (Wildman–Crippen LogP) is 3.56. The lowest BCUT2D eigenvalue weighted by atomic mass is 10.1. The summed E-state index contributed by atoms with van der Waals surface area (Å²) in [7, 11) is 0. The average molecular weight is 316 g/mol. The summed E-state index contributed by atoms with van der Waals surface area (Å²) in [6.45, 7) is 1.17. The predicted molar refractivity (Wildman–Crippen MR) is 75.3 cm³/mol. The smallest absolute Gasteiger partial charge is 0.205 e. The van der Waals surface area contributed by atoms with Gasteiger partial charge in [-0.05, 0) is 38.5 Å². The molecule has 3 rings (SSSR count). The molecule has 0 bridgehead atoms. The first kappa shape index (κ1) is 11.9. The average Bonchev–Trinajstić information content (AvgIpc) is 2.92. The van der Waals surface area contributed by atoms with Gasteiger partial charge < -0.3 is 4.90 Å². The summed E-state index contributed by atoms with van der Waals surface area (Å²) in [5.41, 5.74) is 0. The molecule has 2 fully saturated rings. The van der Waals surface area contributed by atoms with Gasteiger partial charge in [-0.2, -0.15) is 4.37 Å². The number of halogens is 1. The minimum absolute atomic E-state index is 0.684. The maximum absolute atomic E-state index is 4.73. The van der Waals surface area contributed by atoms with Crippen LogP contribution in [-0.2, 0) is 0 Å². The van der Waals surface area contributed by atoms with Crippen molar-refractivity contribution in [3.63, 3.8) is 0 Å². The summed E-state index contributed by atoms with van der Waals surface area (Å²) in [4.78, 5) is 7.23. The largest absolute Gasteiger partial charge is 0.344 e. The van der Waals surface area contributed by atoms with Crippen LogP contribution in [0.1, 0.15) is 50.3 Å². The molecule has 1 unspecified atom stereocenters. The molecule has 1 aromatic rings. The Hall–Kier alpha value is -0.160. The van der Waals surface area contributed by atoms with Crippen LogP contribution in [0, 0.1) is 0 Å². The van der Waals surface area contributed by atoms with E-state index >= 15 is 0 Å². The van der Waals surface area contributed by atoms with Crippen LogP contribution in [0.15, 0.2) is 0 Å². The van der Waals surface area contributed by atoms with E-state index in [0.717, 1.165) is 11.2 Å². The molecule has 0 aromatic carbocycles. The van der Waals surface area contributed by atoms with Crippen LogP contribution in [0.5, 0.6) is 0 Å². The number of aromatic nitrogens is 2. The molecule has 1 saturated heterocycles. The van der Waals surface area contributed by atoms with Crippen molar-refractivity contribution in [1.29, 1.82) is 0 Å². The van der Waals surface area contributed by atoms with Gasteiger partial charge in [-0.3, -0.25) is 0 Å². The fourth-order valence-electron chi connectivity index (χ4n) is 2.55. The molecule has 2 aliphatic rings. The first-order valence-corrected chi connectivity index (χ1v) is 8.44. The molecule has 1 aliphatic carbocycles.